The van der Waals surface area contributed by atoms with Crippen LogP contribution in [0.2, 0.25) is 0 Å². The topological polar surface area (TPSA) is 106 Å². The normalized spacial score (nSPS) is 12.1. The first-order valence-corrected chi connectivity index (χ1v) is 5.66. The predicted octanol–water partition coefficient (Wildman–Crippen LogP) is 0.612. The minimum absolute atomic E-state index is 0.0251. The molecule has 0 atom stereocenters. The van der Waals surface area contributed by atoms with E-state index in [-0.39, 0.29) is 23.7 Å². The van der Waals surface area contributed by atoms with Crippen LogP contribution in [0.4, 0.5) is 0 Å². The van der Waals surface area contributed by atoms with Gasteiger partial charge in [0.05, 0.1) is 12.3 Å². The molecule has 0 saturated heterocycles. The molecular formula is C12H13N5O2. The number of esters is 1. The highest BCUT2D eigenvalue weighted by atomic mass is 16.5. The summed E-state index contributed by atoms with van der Waals surface area (Å²) in [6.45, 7) is 1.89. The van der Waals surface area contributed by atoms with Crippen molar-refractivity contribution in [1.82, 2.24) is 14.6 Å². The summed E-state index contributed by atoms with van der Waals surface area (Å²) in [5.41, 5.74) is 6.41. The minimum Gasteiger partial charge on any atom is -0.462 e. The van der Waals surface area contributed by atoms with Gasteiger partial charge in [0.15, 0.2) is 11.5 Å². The fraction of sp³-hybridized carbons (Fsp3) is 0.167. The molecule has 0 spiro atoms. The largest absolute Gasteiger partial charge is 0.462 e. The highest BCUT2D eigenvalue weighted by Gasteiger charge is 2.17. The Hall–Kier alpha value is -2.70. The van der Waals surface area contributed by atoms with Gasteiger partial charge in [-0.2, -0.15) is 0 Å². The lowest BCUT2D eigenvalue weighted by Crippen LogP contribution is -2.15. The summed E-state index contributed by atoms with van der Waals surface area (Å²) in [6, 6.07) is 5.38. The summed E-state index contributed by atoms with van der Waals surface area (Å²) in [7, 11) is 0. The second kappa shape index (κ2) is 5.30. The first kappa shape index (κ1) is 12.7. The Bertz CT molecular complexity index is 626. The van der Waals surface area contributed by atoms with Crippen LogP contribution in [-0.2, 0) is 9.53 Å². The monoisotopic (exact) mass is 259 g/mol. The molecule has 2 aromatic rings. The number of carbonyl (C=O) groups is 1. The maximum atomic E-state index is 11.6. The molecule has 19 heavy (non-hydrogen) atoms. The smallest absolute Gasteiger partial charge is 0.341 e. The van der Waals surface area contributed by atoms with Crippen molar-refractivity contribution in [2.75, 3.05) is 6.61 Å². The third-order valence-electron chi connectivity index (χ3n) is 2.41. The van der Waals surface area contributed by atoms with Crippen molar-refractivity contribution in [3.8, 4) is 0 Å². The van der Waals surface area contributed by atoms with Gasteiger partial charge >= 0.3 is 5.97 Å². The number of hydrogen-bond acceptors (Lipinski definition) is 6. The van der Waals surface area contributed by atoms with E-state index in [1.54, 1.807) is 25.3 Å². The predicted molar refractivity (Wildman–Crippen MR) is 69.5 cm³/mol. The summed E-state index contributed by atoms with van der Waals surface area (Å²) in [5.74, 6) is -0.466. The molecular weight excluding hydrogens is 246 g/mol. The molecule has 7 heteroatoms. The average Bonchev–Trinajstić information content (AvgIpc) is 2.83. The number of pyridine rings is 1. The second-order valence-electron chi connectivity index (χ2n) is 3.63. The van der Waals surface area contributed by atoms with Crippen LogP contribution >= 0.6 is 0 Å². The zero-order valence-electron chi connectivity index (χ0n) is 10.3. The molecule has 98 valence electrons. The van der Waals surface area contributed by atoms with Crippen molar-refractivity contribution < 1.29 is 9.53 Å². The zero-order valence-corrected chi connectivity index (χ0v) is 10.3. The van der Waals surface area contributed by atoms with Gasteiger partial charge in [-0.1, -0.05) is 6.07 Å². The van der Waals surface area contributed by atoms with Gasteiger partial charge in [-0.3, -0.25) is 0 Å². The molecule has 0 fully saturated rings. The van der Waals surface area contributed by atoms with E-state index in [2.05, 4.69) is 10.1 Å². The standard InChI is InChI=1S/C12H13N5O2/c1-2-19-12(18)8(7-13)10(14)11-15-9-5-3-4-6-17(9)16-11/h3-7,13H,2,14H2,1H3. The SMILES string of the molecule is CCOC(=O)C(C=N)=C(N)c1nc2ccccn2n1. The lowest BCUT2D eigenvalue weighted by molar-refractivity contribution is -0.137. The molecule has 3 N–H and O–H groups in total. The van der Waals surface area contributed by atoms with Crippen molar-refractivity contribution >= 4 is 23.5 Å². The van der Waals surface area contributed by atoms with E-state index in [0.29, 0.717) is 5.65 Å². The number of nitrogens with one attached hydrogen (secondary N) is 1. The molecule has 0 bridgehead atoms. The van der Waals surface area contributed by atoms with Gasteiger partial charge in [-0.25, -0.2) is 14.3 Å². The van der Waals surface area contributed by atoms with Crippen LogP contribution in [0.25, 0.3) is 11.3 Å². The number of fused-ring (bicyclic) bond motifs is 1. The van der Waals surface area contributed by atoms with Crippen LogP contribution in [0.15, 0.2) is 30.0 Å². The minimum atomic E-state index is -0.658. The number of nitrogens with two attached hydrogens (primary N) is 1. The summed E-state index contributed by atoms with van der Waals surface area (Å²) in [5, 5.41) is 11.4. The summed E-state index contributed by atoms with van der Waals surface area (Å²) < 4.78 is 6.36. The number of carbonyl (C=O) groups excluding carboxylic acids is 1. The van der Waals surface area contributed by atoms with Gasteiger partial charge in [0, 0.05) is 12.4 Å². The van der Waals surface area contributed by atoms with Crippen LogP contribution < -0.4 is 5.73 Å². The van der Waals surface area contributed by atoms with Crippen LogP contribution in [0.5, 0.6) is 0 Å². The molecule has 0 aliphatic carbocycles. The van der Waals surface area contributed by atoms with Crippen LogP contribution in [0.1, 0.15) is 12.7 Å². The first-order valence-electron chi connectivity index (χ1n) is 5.66. The van der Waals surface area contributed by atoms with Gasteiger partial charge in [-0.05, 0) is 19.1 Å². The number of hydrogen-bond donors (Lipinski definition) is 2. The average molecular weight is 259 g/mol. The molecule has 2 aromatic heterocycles. The number of aromatic nitrogens is 3. The highest BCUT2D eigenvalue weighted by Crippen LogP contribution is 2.11. The van der Waals surface area contributed by atoms with Gasteiger partial charge < -0.3 is 15.9 Å². The highest BCUT2D eigenvalue weighted by molar-refractivity contribution is 6.14. The van der Waals surface area contributed by atoms with E-state index in [1.807, 2.05) is 6.07 Å². The lowest BCUT2D eigenvalue weighted by atomic mass is 10.2. The molecule has 0 saturated carbocycles. The van der Waals surface area contributed by atoms with Gasteiger partial charge in [-0.15, -0.1) is 5.10 Å². The Morgan fingerprint density at radius 1 is 1.58 bits per heavy atom. The third kappa shape index (κ3) is 2.44. The fourth-order valence-corrected chi connectivity index (χ4v) is 1.52. The van der Waals surface area contributed by atoms with E-state index in [9.17, 15) is 4.79 Å². The van der Waals surface area contributed by atoms with Crippen molar-refractivity contribution in [2.45, 2.75) is 6.92 Å². The Labute approximate surface area is 109 Å². The number of rotatable bonds is 4. The first-order chi connectivity index (χ1) is 9.17. The molecule has 0 aromatic carbocycles. The van der Waals surface area contributed by atoms with Crippen LogP contribution in [0, 0.1) is 5.41 Å². The quantitative estimate of drug-likeness (QED) is 0.475. The summed E-state index contributed by atoms with van der Waals surface area (Å²) >= 11 is 0. The molecule has 7 nitrogen and oxygen atoms in total. The van der Waals surface area contributed by atoms with Crippen LogP contribution in [-0.4, -0.2) is 33.4 Å². The van der Waals surface area contributed by atoms with Crippen molar-refractivity contribution in [3.63, 3.8) is 0 Å². The summed E-state index contributed by atoms with van der Waals surface area (Å²) in [6.07, 6.45) is 2.56. The number of ether oxygens (including phenoxy) is 1. The molecule has 0 unspecified atom stereocenters. The molecule has 2 rings (SSSR count). The van der Waals surface area contributed by atoms with Crippen LogP contribution in [0.3, 0.4) is 0 Å². The maximum Gasteiger partial charge on any atom is 0.341 e. The molecule has 2 heterocycles. The third-order valence-corrected chi connectivity index (χ3v) is 2.41. The van der Waals surface area contributed by atoms with Crippen molar-refractivity contribution in [1.29, 1.82) is 5.41 Å². The Morgan fingerprint density at radius 2 is 2.37 bits per heavy atom. The fourth-order valence-electron chi connectivity index (χ4n) is 1.52. The van der Waals surface area contributed by atoms with E-state index < -0.39 is 5.97 Å². The summed E-state index contributed by atoms with van der Waals surface area (Å²) in [4.78, 5) is 15.8. The number of nitrogens with zero attached hydrogens (tertiary/aromatic N) is 3. The Kier molecular flexibility index (Phi) is 3.56. The molecule has 0 aliphatic heterocycles. The lowest BCUT2D eigenvalue weighted by Gasteiger charge is -2.03. The Morgan fingerprint density at radius 3 is 3.00 bits per heavy atom. The van der Waals surface area contributed by atoms with E-state index >= 15 is 0 Å². The second-order valence-corrected chi connectivity index (χ2v) is 3.63. The van der Waals surface area contributed by atoms with E-state index in [0.717, 1.165) is 6.21 Å². The molecule has 0 amide bonds. The van der Waals surface area contributed by atoms with Gasteiger partial charge in [0.1, 0.15) is 5.57 Å². The molecule has 0 radical (unpaired) electrons. The van der Waals surface area contributed by atoms with E-state index in [4.69, 9.17) is 15.9 Å². The van der Waals surface area contributed by atoms with E-state index in [1.165, 1.54) is 4.52 Å². The van der Waals surface area contributed by atoms with Crippen molar-refractivity contribution in [2.24, 2.45) is 5.73 Å². The van der Waals surface area contributed by atoms with Gasteiger partial charge in [0.25, 0.3) is 0 Å². The zero-order chi connectivity index (χ0) is 13.8. The van der Waals surface area contributed by atoms with Gasteiger partial charge in [0.2, 0.25) is 0 Å². The Balaban J connectivity index is 2.48. The molecule has 0 aliphatic rings. The van der Waals surface area contributed by atoms with Crippen molar-refractivity contribution in [3.05, 3.63) is 35.8 Å². The maximum absolute atomic E-state index is 11.6.